The van der Waals surface area contributed by atoms with Crippen molar-refractivity contribution in [2.24, 2.45) is 0 Å². The lowest BCUT2D eigenvalue weighted by atomic mass is 9.91. The first-order chi connectivity index (χ1) is 17.6. The predicted octanol–water partition coefficient (Wildman–Crippen LogP) is 5.18. The number of allylic oxidation sites excluding steroid dienone is 1. The molecule has 0 saturated carbocycles. The molecule has 1 aromatic carbocycles. The summed E-state index contributed by atoms with van der Waals surface area (Å²) in [6.07, 6.45) is 9.04. The van der Waals surface area contributed by atoms with Crippen molar-refractivity contribution in [1.82, 2.24) is 19.9 Å². The minimum Gasteiger partial charge on any atom is -0.443 e. The van der Waals surface area contributed by atoms with Crippen LogP contribution in [0.5, 0.6) is 0 Å². The number of benzene rings is 1. The van der Waals surface area contributed by atoms with Crippen molar-refractivity contribution in [2.45, 2.75) is 64.0 Å². The molecule has 1 unspecified atom stereocenters. The van der Waals surface area contributed by atoms with Crippen molar-refractivity contribution in [2.75, 3.05) is 0 Å². The second-order valence-corrected chi connectivity index (χ2v) is 9.89. The average Bonchev–Trinajstić information content (AvgIpc) is 3.58. The first-order valence-corrected chi connectivity index (χ1v) is 12.0. The zero-order valence-electron chi connectivity index (χ0n) is 21.0. The van der Waals surface area contributed by atoms with E-state index < -0.39 is 23.1 Å². The summed E-state index contributed by atoms with van der Waals surface area (Å²) in [5, 5.41) is 3.00. The molecule has 1 saturated heterocycles. The maximum atomic E-state index is 13.6. The van der Waals surface area contributed by atoms with Crippen LogP contribution in [0.3, 0.4) is 0 Å². The van der Waals surface area contributed by atoms with Gasteiger partial charge in [0.15, 0.2) is 0 Å². The van der Waals surface area contributed by atoms with E-state index in [0.717, 1.165) is 0 Å². The number of carbonyl (C=O) groups excluding carboxylic acids is 3. The molecule has 2 aromatic heterocycles. The van der Waals surface area contributed by atoms with Gasteiger partial charge < -0.3 is 14.5 Å². The van der Waals surface area contributed by atoms with E-state index in [1.807, 2.05) is 12.2 Å². The fourth-order valence-corrected chi connectivity index (χ4v) is 4.22. The van der Waals surface area contributed by atoms with Gasteiger partial charge in [0.05, 0.1) is 18.1 Å². The maximum absolute atomic E-state index is 13.6. The van der Waals surface area contributed by atoms with E-state index in [0.29, 0.717) is 36.3 Å². The minimum atomic E-state index is -0.963. The lowest BCUT2D eigenvalue weighted by molar-refractivity contribution is -0.119. The van der Waals surface area contributed by atoms with Gasteiger partial charge in [-0.2, -0.15) is 0 Å². The Morgan fingerprint density at radius 1 is 1.22 bits per heavy atom. The van der Waals surface area contributed by atoms with Crippen LogP contribution >= 0.6 is 0 Å². The Morgan fingerprint density at radius 3 is 2.59 bits per heavy atom. The standard InChI is InChI=1S/C27H29FN4O5/c1-26(2,3)37-25(35)32-20(18-8-10-19(28)11-9-18)17-30-24(32)27(14-12-22(34)31-27)13-6-4-5-7-21(33)23-29-15-16-36-23/h4,6,8-11,15-17H,5,7,12-14H2,1-3H3,(H,31,34)/b6-4+. The summed E-state index contributed by atoms with van der Waals surface area (Å²) in [7, 11) is 0. The number of rotatable bonds is 8. The molecule has 0 radical (unpaired) electrons. The number of nitrogens with one attached hydrogen (secondary N) is 1. The molecule has 1 N–H and O–H groups in total. The Hall–Kier alpha value is -4.08. The number of halogens is 1. The Kier molecular flexibility index (Phi) is 7.37. The molecule has 9 nitrogen and oxygen atoms in total. The normalized spacial score (nSPS) is 17.8. The molecule has 194 valence electrons. The summed E-state index contributed by atoms with van der Waals surface area (Å²) in [6.45, 7) is 5.28. The third-order valence-corrected chi connectivity index (χ3v) is 5.91. The van der Waals surface area contributed by atoms with Gasteiger partial charge in [-0.1, -0.05) is 12.2 Å². The fourth-order valence-electron chi connectivity index (χ4n) is 4.22. The number of amides is 1. The zero-order valence-corrected chi connectivity index (χ0v) is 21.0. The number of imidazole rings is 1. The van der Waals surface area contributed by atoms with Crippen LogP contribution in [0, 0.1) is 5.82 Å². The van der Waals surface area contributed by atoms with Crippen LogP contribution in [0.25, 0.3) is 11.3 Å². The molecule has 3 aromatic rings. The second kappa shape index (κ2) is 10.5. The highest BCUT2D eigenvalue weighted by Gasteiger charge is 2.44. The zero-order chi connectivity index (χ0) is 26.6. The Bertz CT molecular complexity index is 1310. The second-order valence-electron chi connectivity index (χ2n) is 9.89. The Labute approximate surface area is 213 Å². The molecule has 3 heterocycles. The first-order valence-electron chi connectivity index (χ1n) is 12.0. The van der Waals surface area contributed by atoms with Gasteiger partial charge in [0.25, 0.3) is 5.89 Å². The molecule has 1 aliphatic rings. The third kappa shape index (κ3) is 6.02. The van der Waals surface area contributed by atoms with Crippen LogP contribution in [-0.4, -0.2) is 37.9 Å². The molecular weight excluding hydrogens is 479 g/mol. The van der Waals surface area contributed by atoms with Gasteiger partial charge in [-0.3, -0.25) is 9.59 Å². The van der Waals surface area contributed by atoms with Crippen molar-refractivity contribution in [3.8, 4) is 11.3 Å². The smallest absolute Gasteiger partial charge is 0.420 e. The largest absolute Gasteiger partial charge is 0.443 e. The Morgan fingerprint density at radius 2 is 1.97 bits per heavy atom. The molecule has 0 bridgehead atoms. The Balaban J connectivity index is 1.64. The van der Waals surface area contributed by atoms with Gasteiger partial charge in [0.2, 0.25) is 11.7 Å². The van der Waals surface area contributed by atoms with Gasteiger partial charge >= 0.3 is 6.09 Å². The van der Waals surface area contributed by atoms with Crippen molar-refractivity contribution < 1.29 is 27.9 Å². The minimum absolute atomic E-state index is 0.0700. The summed E-state index contributed by atoms with van der Waals surface area (Å²) >= 11 is 0. The molecule has 10 heteroatoms. The van der Waals surface area contributed by atoms with Crippen LogP contribution in [0.15, 0.2) is 59.5 Å². The van der Waals surface area contributed by atoms with Crippen molar-refractivity contribution in [3.05, 3.63) is 72.6 Å². The number of nitrogens with zero attached hydrogens (tertiary/aromatic N) is 3. The quantitative estimate of drug-likeness (QED) is 0.329. The first kappa shape index (κ1) is 26.0. The number of oxazole rings is 1. The van der Waals surface area contributed by atoms with Gasteiger partial charge in [0, 0.05) is 18.4 Å². The van der Waals surface area contributed by atoms with Crippen LogP contribution < -0.4 is 5.32 Å². The molecule has 0 spiro atoms. The molecule has 1 amide bonds. The fraction of sp³-hybridized carbons (Fsp3) is 0.370. The summed E-state index contributed by atoms with van der Waals surface area (Å²) in [5.74, 6) is -0.371. The summed E-state index contributed by atoms with van der Waals surface area (Å²) < 4.78 is 25.6. The van der Waals surface area contributed by atoms with Crippen LogP contribution in [0.1, 0.15) is 69.4 Å². The van der Waals surface area contributed by atoms with Gasteiger partial charge in [-0.25, -0.2) is 23.7 Å². The maximum Gasteiger partial charge on any atom is 0.420 e. The summed E-state index contributed by atoms with van der Waals surface area (Å²) in [6, 6.07) is 5.72. The topological polar surface area (TPSA) is 116 Å². The number of ether oxygens (including phenoxy) is 1. The van der Waals surface area contributed by atoms with E-state index in [9.17, 15) is 18.8 Å². The lowest BCUT2D eigenvalue weighted by Crippen LogP contribution is -2.42. The third-order valence-electron chi connectivity index (χ3n) is 5.91. The van der Waals surface area contributed by atoms with Gasteiger partial charge in [-0.15, -0.1) is 0 Å². The molecular formula is C27H29FN4O5. The van der Waals surface area contributed by atoms with Gasteiger partial charge in [0.1, 0.15) is 29.0 Å². The van der Waals surface area contributed by atoms with E-state index in [1.54, 1.807) is 32.9 Å². The van der Waals surface area contributed by atoms with Crippen LogP contribution in [-0.2, 0) is 15.1 Å². The van der Waals surface area contributed by atoms with Crippen molar-refractivity contribution >= 4 is 17.8 Å². The van der Waals surface area contributed by atoms with Crippen molar-refractivity contribution in [1.29, 1.82) is 0 Å². The highest BCUT2D eigenvalue weighted by Crippen LogP contribution is 2.37. The number of Topliss-reactive ketones (excluding diaryl/α,β-unsaturated/α-hetero) is 1. The van der Waals surface area contributed by atoms with E-state index in [2.05, 4.69) is 15.3 Å². The number of hydrogen-bond acceptors (Lipinski definition) is 7. The lowest BCUT2D eigenvalue weighted by Gasteiger charge is -2.29. The number of carbonyl (C=O) groups is 3. The number of hydrogen-bond donors (Lipinski definition) is 1. The molecule has 1 fully saturated rings. The molecule has 37 heavy (non-hydrogen) atoms. The SMILES string of the molecule is CC(C)(C)OC(=O)n1c(-c2ccc(F)cc2)cnc1C1(C/C=C/CCC(=O)c2ncco2)CCC(=O)N1. The number of aromatic nitrogens is 3. The van der Waals surface area contributed by atoms with E-state index in [4.69, 9.17) is 9.15 Å². The summed E-state index contributed by atoms with van der Waals surface area (Å²) in [4.78, 5) is 46.3. The highest BCUT2D eigenvalue weighted by molar-refractivity contribution is 5.91. The highest BCUT2D eigenvalue weighted by atomic mass is 19.1. The average molecular weight is 509 g/mol. The van der Waals surface area contributed by atoms with Crippen LogP contribution in [0.4, 0.5) is 9.18 Å². The molecule has 1 atom stereocenters. The predicted molar refractivity (Wildman–Crippen MR) is 132 cm³/mol. The van der Waals surface area contributed by atoms with E-state index in [1.165, 1.54) is 35.4 Å². The molecule has 4 rings (SSSR count). The number of ketones is 1. The van der Waals surface area contributed by atoms with E-state index >= 15 is 0 Å². The molecule has 0 aliphatic carbocycles. The van der Waals surface area contributed by atoms with E-state index in [-0.39, 0.29) is 30.4 Å². The summed E-state index contributed by atoms with van der Waals surface area (Å²) in [5.41, 5.74) is -0.744. The molecule has 1 aliphatic heterocycles. The monoisotopic (exact) mass is 508 g/mol. The van der Waals surface area contributed by atoms with Crippen molar-refractivity contribution in [3.63, 3.8) is 0 Å². The van der Waals surface area contributed by atoms with Crippen LogP contribution in [0.2, 0.25) is 0 Å². The van der Waals surface area contributed by atoms with Gasteiger partial charge in [-0.05, 0) is 64.3 Å².